The number of benzene rings is 16. The van der Waals surface area contributed by atoms with Gasteiger partial charge in [0.2, 0.25) is 13.4 Å². The summed E-state index contributed by atoms with van der Waals surface area (Å²) in [5.41, 5.74) is 44.3. The van der Waals surface area contributed by atoms with Gasteiger partial charge in [-0.15, -0.1) is 0 Å². The highest BCUT2D eigenvalue weighted by atomic mass is 14.4. The molecule has 0 N–H and O–H groups in total. The largest absolute Gasteiger partial charge is 0.244 e. The van der Waals surface area contributed by atoms with Crippen LogP contribution in [0.2, 0.25) is 0 Å². The maximum atomic E-state index is 2.76. The molecule has 0 amide bonds. The smallest absolute Gasteiger partial charge is 0.0661 e. The molecule has 0 aromatic heterocycles. The first-order valence-corrected chi connectivity index (χ1v) is 37.1. The molecule has 0 saturated heterocycles. The molecule has 0 unspecified atom stereocenters. The average molecular weight is 1300 g/mol. The van der Waals surface area contributed by atoms with E-state index in [4.69, 9.17) is 0 Å². The highest BCUT2D eigenvalue weighted by Gasteiger charge is 2.46. The summed E-state index contributed by atoms with van der Waals surface area (Å²) >= 11 is 0. The fourth-order valence-electron chi connectivity index (χ4n) is 18.7. The first-order chi connectivity index (χ1) is 49.9. The Morgan fingerprint density at radius 2 is 0.461 bits per heavy atom. The Morgan fingerprint density at radius 3 is 0.755 bits per heavy atom. The minimum Gasteiger partial charge on any atom is -0.0661 e. The van der Waals surface area contributed by atoms with Crippen molar-refractivity contribution in [2.45, 2.75) is 79.1 Å². The molecule has 102 heavy (non-hydrogen) atoms. The topological polar surface area (TPSA) is 0 Å². The second kappa shape index (κ2) is 23.1. The van der Waals surface area contributed by atoms with E-state index in [0.717, 1.165) is 0 Å². The first-order valence-electron chi connectivity index (χ1n) is 37.1. The van der Waals surface area contributed by atoms with E-state index in [1.807, 2.05) is 0 Å². The molecule has 0 radical (unpaired) electrons. The molecule has 0 spiro atoms. The maximum absolute atomic E-state index is 2.76. The summed E-state index contributed by atoms with van der Waals surface area (Å²) in [5, 5.41) is 8.07. The third-order valence-electron chi connectivity index (χ3n) is 23.7. The van der Waals surface area contributed by atoms with Gasteiger partial charge >= 0.3 is 0 Å². The highest BCUT2D eigenvalue weighted by molar-refractivity contribution is 7.03. The molecule has 16 aromatic carbocycles. The first kappa shape index (κ1) is 60.6. The summed E-state index contributed by atoms with van der Waals surface area (Å²) in [6.07, 6.45) is 0. The van der Waals surface area contributed by atoms with Gasteiger partial charge in [-0.25, -0.2) is 0 Å². The summed E-state index contributed by atoms with van der Waals surface area (Å²) in [6.45, 7) is 19.0. The van der Waals surface area contributed by atoms with Gasteiger partial charge in [-0.3, -0.25) is 0 Å². The van der Waals surface area contributed by atoms with Gasteiger partial charge in [-0.2, -0.15) is 0 Å². The molecule has 0 nitrogen and oxygen atoms in total. The van der Waals surface area contributed by atoms with Crippen LogP contribution in [-0.4, -0.2) is 13.4 Å². The van der Waals surface area contributed by atoms with Crippen LogP contribution in [0.1, 0.15) is 101 Å². The van der Waals surface area contributed by atoms with Gasteiger partial charge in [-0.05, 0) is 248 Å². The van der Waals surface area contributed by atoms with Gasteiger partial charge in [0, 0.05) is 0 Å². The molecule has 4 heterocycles. The van der Waals surface area contributed by atoms with Crippen molar-refractivity contribution >= 4 is 78.5 Å². The van der Waals surface area contributed by atoms with Crippen LogP contribution in [0.5, 0.6) is 0 Å². The second-order valence-corrected chi connectivity index (χ2v) is 30.8. The number of hydrogen-bond acceptors (Lipinski definition) is 0. The Balaban J connectivity index is 1.05. The zero-order valence-electron chi connectivity index (χ0n) is 59.2. The molecular weight excluding hydrogens is 1220 g/mol. The van der Waals surface area contributed by atoms with Crippen molar-refractivity contribution < 1.29 is 0 Å². The van der Waals surface area contributed by atoms with Crippen molar-refractivity contribution in [3.63, 3.8) is 0 Å². The monoisotopic (exact) mass is 1300 g/mol. The average Bonchev–Trinajstić information content (AvgIpc) is 1.22. The molecule has 2 heteroatoms. The molecule has 20 rings (SSSR count). The molecule has 0 aliphatic carbocycles. The molecule has 4 aliphatic heterocycles. The molecule has 4 aliphatic rings. The van der Waals surface area contributed by atoms with Crippen LogP contribution in [0, 0.1) is 0 Å². The van der Waals surface area contributed by atoms with Gasteiger partial charge in [0.05, 0.1) is 0 Å². The summed E-state index contributed by atoms with van der Waals surface area (Å²) in [5.74, 6) is 1.34. The lowest BCUT2D eigenvalue weighted by Crippen LogP contribution is -2.53. The third-order valence-corrected chi connectivity index (χ3v) is 23.7. The maximum Gasteiger partial charge on any atom is 0.244 e. The van der Waals surface area contributed by atoms with Gasteiger partial charge in [0.1, 0.15) is 0 Å². The van der Waals surface area contributed by atoms with Crippen LogP contribution in [0.25, 0.3) is 166 Å². The van der Waals surface area contributed by atoms with E-state index in [2.05, 4.69) is 347 Å². The molecule has 0 fully saturated rings. The van der Waals surface area contributed by atoms with Gasteiger partial charge in [-0.1, -0.05) is 343 Å². The molecule has 0 saturated carbocycles. The predicted molar refractivity (Wildman–Crippen MR) is 441 cm³/mol. The Morgan fingerprint density at radius 1 is 0.186 bits per heavy atom. The van der Waals surface area contributed by atoms with Crippen molar-refractivity contribution in [2.24, 2.45) is 0 Å². The zero-order chi connectivity index (χ0) is 68.5. The van der Waals surface area contributed by atoms with E-state index >= 15 is 0 Å². The number of rotatable bonds is 12. The van der Waals surface area contributed by atoms with Crippen LogP contribution in [0.15, 0.2) is 291 Å². The van der Waals surface area contributed by atoms with Gasteiger partial charge in [0.15, 0.2) is 0 Å². The van der Waals surface area contributed by atoms with E-state index in [1.165, 1.54) is 221 Å². The van der Waals surface area contributed by atoms with E-state index < -0.39 is 0 Å². The molecule has 16 aromatic rings. The van der Waals surface area contributed by atoms with E-state index in [9.17, 15) is 0 Å². The van der Waals surface area contributed by atoms with Crippen molar-refractivity contribution in [1.82, 2.24) is 0 Å². The Bertz CT molecular complexity index is 5640. The minimum absolute atomic E-state index is 0.0152. The minimum atomic E-state index is -0.0152. The summed E-state index contributed by atoms with van der Waals surface area (Å²) < 4.78 is 0. The van der Waals surface area contributed by atoms with Crippen LogP contribution in [0.3, 0.4) is 0 Å². The van der Waals surface area contributed by atoms with Crippen molar-refractivity contribution in [3.8, 4) is 134 Å². The molecular formula is C100H76B2. The van der Waals surface area contributed by atoms with Crippen LogP contribution < -0.4 is 32.8 Å². The van der Waals surface area contributed by atoms with Crippen molar-refractivity contribution in [3.05, 3.63) is 313 Å². The molecule has 0 atom stereocenters. The molecule has 0 bridgehead atoms. The summed E-state index contributed by atoms with van der Waals surface area (Å²) in [6, 6.07) is 114. The van der Waals surface area contributed by atoms with Crippen molar-refractivity contribution in [1.29, 1.82) is 0 Å². The van der Waals surface area contributed by atoms with Crippen molar-refractivity contribution in [2.75, 3.05) is 0 Å². The quantitative estimate of drug-likeness (QED) is 0.0845. The lowest BCUT2D eigenvalue weighted by atomic mass is 9.34. The predicted octanol–water partition coefficient (Wildman–Crippen LogP) is 23.4. The summed E-state index contributed by atoms with van der Waals surface area (Å²) in [7, 11) is 0. The Labute approximate surface area is 600 Å². The Hall–Kier alpha value is -11.3. The van der Waals surface area contributed by atoms with E-state index in [1.54, 1.807) is 0 Å². The fourth-order valence-corrected chi connectivity index (χ4v) is 18.7. The zero-order valence-corrected chi connectivity index (χ0v) is 59.2. The van der Waals surface area contributed by atoms with Crippen LogP contribution >= 0.6 is 0 Å². The fraction of sp³-hybridized carbons (Fsp3) is 0.120. The lowest BCUT2D eigenvalue weighted by molar-refractivity contribution is 0.866. The summed E-state index contributed by atoms with van der Waals surface area (Å²) in [4.78, 5) is 0. The normalized spacial score (nSPS) is 12.8. The third kappa shape index (κ3) is 9.04. The Kier molecular flexibility index (Phi) is 13.7. The SMILES string of the molecule is CC(C)c1ccc2c(c1)-c1cc(C(C)C)cc3c1B2c1cc2c(-c4c(-c5ccccc5)cc(-c5ccccc5)cc4-c4ccccc4)cc4c5c(cc6c(-c7c(-c8ccccc8)cc(-c8ccccc8)cc7-c7ccccc7)cc-3c1c6c25)B1c2ccc(C(C)C)cc2-c2cc(C(C)C)cc-4c21. The standard InChI is InChI=1S/C100H76B2/c1-57(2)67-39-41-89-77(43-67)85-45-69(59(5)6)47-87-81-53-79(93-73(63-31-19-11-20-32-63)49-71(61-27-15-9-16-28-61)50-74(93)64-33-21-12-22-34-64)84-56-92-96-82(88-48-70(60(7)8)46-86-78-44-68(58(3)4)40-42-90(78)102(92)100(86)88)54-80(83-55-91(101(89)99(85)87)95(81)97(84)98(83)96)94-75(65-35-23-13-24-36-65)51-72(62-29-17-10-18-30-62)52-76(94)66-37-25-14-26-38-66/h9-60H,1-8H3. The number of hydrogen-bond donors (Lipinski definition) is 0. The van der Waals surface area contributed by atoms with E-state index in [-0.39, 0.29) is 13.4 Å². The van der Waals surface area contributed by atoms with Gasteiger partial charge in [0.25, 0.3) is 0 Å². The van der Waals surface area contributed by atoms with Crippen LogP contribution in [-0.2, 0) is 0 Å². The second-order valence-electron chi connectivity index (χ2n) is 30.8. The van der Waals surface area contributed by atoms with E-state index in [0.29, 0.717) is 23.7 Å². The van der Waals surface area contributed by atoms with Crippen LogP contribution in [0.4, 0.5) is 0 Å². The lowest BCUT2D eigenvalue weighted by Gasteiger charge is -2.34. The molecule has 482 valence electrons. The van der Waals surface area contributed by atoms with Gasteiger partial charge < -0.3 is 0 Å². The highest BCUT2D eigenvalue weighted by Crippen LogP contribution is 2.56. The number of fused-ring (bicyclic) bond motifs is 10.